The van der Waals surface area contributed by atoms with Crippen LogP contribution in [0.4, 0.5) is 5.95 Å². The monoisotopic (exact) mass is 458 g/mol. The first kappa shape index (κ1) is 21.2. The maximum atomic E-state index is 11.6. The minimum Gasteiger partial charge on any atom is -0.495 e. The number of nitrogens with zero attached hydrogens (tertiary/aromatic N) is 3. The van der Waals surface area contributed by atoms with Gasteiger partial charge in [-0.2, -0.15) is 0 Å². The number of hydrogen-bond donors (Lipinski definition) is 1. The zero-order valence-electron chi connectivity index (χ0n) is 17.0. The average molecular weight is 459 g/mol. The fraction of sp³-hybridized carbons (Fsp3) is 0.227. The van der Waals surface area contributed by atoms with E-state index < -0.39 is 0 Å². The van der Waals surface area contributed by atoms with E-state index in [4.69, 9.17) is 32.7 Å². The average Bonchev–Trinajstić information content (AvgIpc) is 2.75. The van der Waals surface area contributed by atoms with Gasteiger partial charge in [-0.15, -0.1) is 0 Å². The second kappa shape index (κ2) is 8.61. The van der Waals surface area contributed by atoms with Crippen LogP contribution >= 0.6 is 23.2 Å². The topological polar surface area (TPSA) is 76.6 Å². The molecule has 2 heterocycles. The van der Waals surface area contributed by atoms with Crippen LogP contribution < -0.4 is 14.8 Å². The summed E-state index contributed by atoms with van der Waals surface area (Å²) in [6, 6.07) is 7.45. The molecular weight excluding hydrogens is 439 g/mol. The van der Waals surface area contributed by atoms with Gasteiger partial charge >= 0.3 is 0 Å². The van der Waals surface area contributed by atoms with E-state index in [1.165, 1.54) is 20.3 Å². The molecule has 9 heteroatoms. The first-order valence-corrected chi connectivity index (χ1v) is 10.3. The molecule has 0 radical (unpaired) electrons. The summed E-state index contributed by atoms with van der Waals surface area (Å²) in [7, 11) is 3.07. The van der Waals surface area contributed by atoms with Crippen molar-refractivity contribution in [2.75, 3.05) is 32.6 Å². The van der Waals surface area contributed by atoms with Gasteiger partial charge in [0.1, 0.15) is 11.5 Å². The molecule has 2 aromatic carbocycles. The van der Waals surface area contributed by atoms with E-state index in [9.17, 15) is 4.79 Å². The van der Waals surface area contributed by atoms with Crippen molar-refractivity contribution in [3.8, 4) is 22.6 Å². The highest BCUT2D eigenvalue weighted by atomic mass is 35.5. The summed E-state index contributed by atoms with van der Waals surface area (Å²) in [6.07, 6.45) is 3.05. The number of amides is 1. The third-order valence-corrected chi connectivity index (χ3v) is 5.89. The van der Waals surface area contributed by atoms with E-state index in [1.807, 2.05) is 18.2 Å². The van der Waals surface area contributed by atoms with E-state index in [2.05, 4.69) is 21.9 Å². The number of fused-ring (bicyclic) bond motifs is 1. The molecule has 0 aliphatic carbocycles. The van der Waals surface area contributed by atoms with Gasteiger partial charge in [-0.3, -0.25) is 4.79 Å². The molecule has 31 heavy (non-hydrogen) atoms. The Morgan fingerprint density at radius 3 is 2.48 bits per heavy atom. The molecule has 7 nitrogen and oxygen atoms in total. The molecule has 1 aromatic heterocycles. The predicted molar refractivity (Wildman–Crippen MR) is 122 cm³/mol. The Morgan fingerprint density at radius 1 is 1.19 bits per heavy atom. The number of likely N-dealkylation sites (tertiary alicyclic amines) is 1. The zero-order valence-corrected chi connectivity index (χ0v) is 18.5. The number of carbonyl (C=O) groups excluding carboxylic acids is 1. The summed E-state index contributed by atoms with van der Waals surface area (Å²) in [5, 5.41) is 4.87. The summed E-state index contributed by atoms with van der Waals surface area (Å²) in [4.78, 5) is 22.2. The van der Waals surface area contributed by atoms with Crippen molar-refractivity contribution in [3.63, 3.8) is 0 Å². The van der Waals surface area contributed by atoms with Gasteiger partial charge in [0, 0.05) is 36.3 Å². The number of benzene rings is 2. The van der Waals surface area contributed by atoms with Crippen LogP contribution in [0.2, 0.25) is 10.0 Å². The quantitative estimate of drug-likeness (QED) is 0.550. The van der Waals surface area contributed by atoms with Gasteiger partial charge in [-0.25, -0.2) is 9.97 Å². The van der Waals surface area contributed by atoms with Crippen molar-refractivity contribution in [1.82, 2.24) is 14.9 Å². The van der Waals surface area contributed by atoms with Gasteiger partial charge in [0.15, 0.2) is 0 Å². The molecule has 1 aliphatic heterocycles. The normalized spacial score (nSPS) is 13.6. The smallest absolute Gasteiger partial charge is 0.246 e. The van der Waals surface area contributed by atoms with E-state index in [1.54, 1.807) is 17.2 Å². The third kappa shape index (κ3) is 3.98. The first-order valence-electron chi connectivity index (χ1n) is 9.50. The van der Waals surface area contributed by atoms with Crippen molar-refractivity contribution in [2.45, 2.75) is 6.04 Å². The zero-order chi connectivity index (χ0) is 22.1. The highest BCUT2D eigenvalue weighted by molar-refractivity contribution is 6.41. The Hall–Kier alpha value is -3.03. The second-order valence-electron chi connectivity index (χ2n) is 7.04. The molecule has 1 N–H and O–H groups in total. The molecule has 0 unspecified atom stereocenters. The molecule has 0 saturated carbocycles. The highest BCUT2D eigenvalue weighted by Crippen LogP contribution is 2.46. The van der Waals surface area contributed by atoms with Gasteiger partial charge in [0.25, 0.3) is 0 Å². The summed E-state index contributed by atoms with van der Waals surface area (Å²) < 4.78 is 10.7. The lowest BCUT2D eigenvalue weighted by atomic mass is 10.0. The van der Waals surface area contributed by atoms with Gasteiger partial charge < -0.3 is 19.7 Å². The lowest BCUT2D eigenvalue weighted by Crippen LogP contribution is -2.56. The van der Waals surface area contributed by atoms with E-state index >= 15 is 0 Å². The molecule has 3 aromatic rings. The fourth-order valence-electron chi connectivity index (χ4n) is 3.46. The number of ether oxygens (including phenoxy) is 2. The number of rotatable bonds is 6. The molecule has 0 spiro atoms. The minimum absolute atomic E-state index is 0.0727. The lowest BCUT2D eigenvalue weighted by Gasteiger charge is -2.38. The molecule has 1 aliphatic rings. The lowest BCUT2D eigenvalue weighted by molar-refractivity contribution is -0.129. The Balaban J connectivity index is 1.61. The number of anilines is 1. The summed E-state index contributed by atoms with van der Waals surface area (Å²) in [6.45, 7) is 4.69. The van der Waals surface area contributed by atoms with Crippen LogP contribution in [0.15, 0.2) is 43.1 Å². The van der Waals surface area contributed by atoms with Crippen molar-refractivity contribution in [3.05, 3.63) is 53.2 Å². The van der Waals surface area contributed by atoms with Crippen LogP contribution in [-0.4, -0.2) is 54.1 Å². The minimum atomic E-state index is -0.0727. The molecule has 0 atom stereocenters. The van der Waals surface area contributed by atoms with Gasteiger partial charge in [0.05, 0.1) is 35.8 Å². The summed E-state index contributed by atoms with van der Waals surface area (Å²) in [5.41, 5.74) is 2.17. The number of methoxy groups -OCH3 is 2. The van der Waals surface area contributed by atoms with Crippen molar-refractivity contribution < 1.29 is 14.3 Å². The largest absolute Gasteiger partial charge is 0.495 e. The molecule has 160 valence electrons. The van der Waals surface area contributed by atoms with Crippen LogP contribution in [0.25, 0.3) is 22.0 Å². The van der Waals surface area contributed by atoms with Gasteiger partial charge in [-0.1, -0.05) is 35.8 Å². The Labute approximate surface area is 189 Å². The van der Waals surface area contributed by atoms with E-state index in [0.29, 0.717) is 46.1 Å². The summed E-state index contributed by atoms with van der Waals surface area (Å²) in [5.74, 6) is 1.38. The molecule has 1 saturated heterocycles. The predicted octanol–water partition coefficient (Wildman–Crippen LogP) is 4.43. The van der Waals surface area contributed by atoms with Crippen LogP contribution in [-0.2, 0) is 4.79 Å². The van der Waals surface area contributed by atoms with Crippen LogP contribution in [0, 0.1) is 0 Å². The first-order chi connectivity index (χ1) is 14.9. The molecular formula is C22H20Cl2N4O3. The summed E-state index contributed by atoms with van der Waals surface area (Å²) >= 11 is 13.1. The maximum Gasteiger partial charge on any atom is 0.246 e. The highest BCUT2D eigenvalue weighted by Gasteiger charge is 2.29. The Morgan fingerprint density at radius 2 is 1.87 bits per heavy atom. The number of halogens is 2. The number of aromatic nitrogens is 2. The van der Waals surface area contributed by atoms with Gasteiger partial charge in [0.2, 0.25) is 11.9 Å². The SMILES string of the molecule is C=CC(=O)N1CC(Nc2ncc3cc(-c4c(Cl)c(OC)cc(OC)c4Cl)ccc3n2)C1. The van der Waals surface area contributed by atoms with E-state index in [-0.39, 0.29) is 11.9 Å². The van der Waals surface area contributed by atoms with Crippen LogP contribution in [0.3, 0.4) is 0 Å². The van der Waals surface area contributed by atoms with Crippen LogP contribution in [0.1, 0.15) is 0 Å². The maximum absolute atomic E-state index is 11.6. The second-order valence-corrected chi connectivity index (χ2v) is 7.80. The van der Waals surface area contributed by atoms with Crippen molar-refractivity contribution in [1.29, 1.82) is 0 Å². The number of nitrogens with one attached hydrogen (secondary N) is 1. The molecule has 1 fully saturated rings. The van der Waals surface area contributed by atoms with E-state index in [0.717, 1.165) is 16.5 Å². The molecule has 1 amide bonds. The third-order valence-electron chi connectivity index (χ3n) is 5.14. The van der Waals surface area contributed by atoms with Crippen molar-refractivity contribution in [2.24, 2.45) is 0 Å². The molecule has 4 rings (SSSR count). The number of carbonyl (C=O) groups is 1. The fourth-order valence-corrected chi connectivity index (χ4v) is 4.18. The van der Waals surface area contributed by atoms with Crippen molar-refractivity contribution >= 4 is 46.0 Å². The van der Waals surface area contributed by atoms with Gasteiger partial charge in [-0.05, 0) is 23.8 Å². The van der Waals surface area contributed by atoms with Crippen LogP contribution in [0.5, 0.6) is 11.5 Å². The molecule has 0 bridgehead atoms. The Bertz CT molecular complexity index is 1150. The number of hydrogen-bond acceptors (Lipinski definition) is 6. The Kier molecular flexibility index (Phi) is 5.89. The standard InChI is InChI=1S/C22H20Cl2N4O3/c1-4-18(29)28-10-14(11-28)26-22-25-9-13-7-12(5-6-15(13)27-22)19-20(23)16(30-2)8-17(31-3)21(19)24/h4-9,14H,1,10-11H2,2-3H3,(H,25,26,27).